The average molecular weight is 370 g/mol. The second-order valence-electron chi connectivity index (χ2n) is 7.35. The number of nitrogens with one attached hydrogen (secondary N) is 2. The van der Waals surface area contributed by atoms with Crippen molar-refractivity contribution in [3.8, 4) is 0 Å². The summed E-state index contributed by atoms with van der Waals surface area (Å²) in [6, 6.07) is 6.05. The molecule has 2 N–H and O–H groups in total. The number of hydrogen-bond donors (Lipinski definition) is 2. The Balaban J connectivity index is 1.50. The molecule has 1 aromatic rings. The Morgan fingerprint density at radius 3 is 2.56 bits per heavy atom. The molecule has 0 aromatic heterocycles. The smallest absolute Gasteiger partial charge is 0.322 e. The molecular formula is C19H22N4O4. The van der Waals surface area contributed by atoms with E-state index in [4.69, 9.17) is 0 Å². The van der Waals surface area contributed by atoms with Gasteiger partial charge in [0, 0.05) is 24.2 Å². The van der Waals surface area contributed by atoms with E-state index >= 15 is 0 Å². The van der Waals surface area contributed by atoms with Crippen LogP contribution in [0.2, 0.25) is 0 Å². The standard InChI is InChI=1S/C19H22N4O4/c24-15-8-5-11-22(15)14-7-4-6-13(12-14)16(25)21-23-17(26)19(20-18(23)27)9-2-1-3-10-19/h4,6-7,12H,1-3,5,8-11H2,(H,20,27)(H,21,25). The quantitative estimate of drug-likeness (QED) is 0.792. The molecule has 1 spiro atoms. The molecule has 4 rings (SSSR count). The Morgan fingerprint density at radius 2 is 1.85 bits per heavy atom. The van der Waals surface area contributed by atoms with Gasteiger partial charge in [0.15, 0.2) is 0 Å². The topological polar surface area (TPSA) is 98.8 Å². The Kier molecular flexibility index (Phi) is 4.33. The van der Waals surface area contributed by atoms with Crippen molar-refractivity contribution >= 4 is 29.4 Å². The lowest BCUT2D eigenvalue weighted by Crippen LogP contribution is -2.50. The predicted molar refractivity (Wildman–Crippen MR) is 96.7 cm³/mol. The Hall–Kier alpha value is -2.90. The summed E-state index contributed by atoms with van der Waals surface area (Å²) in [4.78, 5) is 51.2. The maximum atomic E-state index is 12.8. The molecule has 0 unspecified atom stereocenters. The van der Waals surface area contributed by atoms with Gasteiger partial charge in [0.05, 0.1) is 0 Å². The van der Waals surface area contributed by atoms with E-state index in [1.807, 2.05) is 0 Å². The summed E-state index contributed by atoms with van der Waals surface area (Å²) in [6.45, 7) is 0.624. The SMILES string of the molecule is O=C(NN1C(=O)NC2(CCCCC2)C1=O)c1cccc(N2CCCC2=O)c1. The third-order valence-corrected chi connectivity index (χ3v) is 5.58. The first kappa shape index (κ1) is 17.5. The fourth-order valence-electron chi connectivity index (χ4n) is 4.12. The number of imide groups is 1. The number of benzene rings is 1. The molecule has 27 heavy (non-hydrogen) atoms. The van der Waals surface area contributed by atoms with Crippen LogP contribution in [-0.4, -0.2) is 40.8 Å². The van der Waals surface area contributed by atoms with Crippen LogP contribution in [0.25, 0.3) is 0 Å². The first-order valence-electron chi connectivity index (χ1n) is 9.38. The summed E-state index contributed by atoms with van der Waals surface area (Å²) in [5, 5.41) is 3.55. The summed E-state index contributed by atoms with van der Waals surface area (Å²) < 4.78 is 0. The van der Waals surface area contributed by atoms with Crippen molar-refractivity contribution in [2.24, 2.45) is 0 Å². The van der Waals surface area contributed by atoms with Gasteiger partial charge in [-0.3, -0.25) is 19.8 Å². The van der Waals surface area contributed by atoms with Gasteiger partial charge in [-0.1, -0.05) is 25.3 Å². The predicted octanol–water partition coefficient (Wildman–Crippen LogP) is 1.71. The first-order chi connectivity index (χ1) is 13.0. The molecule has 142 valence electrons. The summed E-state index contributed by atoms with van der Waals surface area (Å²) in [6.07, 6.45) is 5.27. The zero-order valence-corrected chi connectivity index (χ0v) is 15.0. The van der Waals surface area contributed by atoms with Gasteiger partial charge in [-0.05, 0) is 37.5 Å². The highest BCUT2D eigenvalue weighted by Gasteiger charge is 2.52. The number of urea groups is 1. The van der Waals surface area contributed by atoms with Gasteiger partial charge >= 0.3 is 6.03 Å². The fraction of sp³-hybridized carbons (Fsp3) is 0.474. The van der Waals surface area contributed by atoms with Crippen LogP contribution in [0.5, 0.6) is 0 Å². The van der Waals surface area contributed by atoms with Crippen LogP contribution in [0.4, 0.5) is 10.5 Å². The average Bonchev–Trinajstić information content (AvgIpc) is 3.20. The van der Waals surface area contributed by atoms with Crippen LogP contribution in [-0.2, 0) is 9.59 Å². The minimum absolute atomic E-state index is 0.0286. The van der Waals surface area contributed by atoms with Gasteiger partial charge < -0.3 is 10.2 Å². The largest absolute Gasteiger partial charge is 0.344 e. The molecule has 2 saturated heterocycles. The van der Waals surface area contributed by atoms with E-state index in [1.54, 1.807) is 29.2 Å². The molecule has 5 amide bonds. The fourth-order valence-corrected chi connectivity index (χ4v) is 4.12. The van der Waals surface area contributed by atoms with Crippen LogP contribution in [0.3, 0.4) is 0 Å². The van der Waals surface area contributed by atoms with Gasteiger partial charge in [0.25, 0.3) is 11.8 Å². The second kappa shape index (κ2) is 6.68. The number of hydrogen-bond acceptors (Lipinski definition) is 4. The monoisotopic (exact) mass is 370 g/mol. The van der Waals surface area contributed by atoms with Crippen molar-refractivity contribution in [1.82, 2.24) is 15.8 Å². The van der Waals surface area contributed by atoms with E-state index in [1.165, 1.54) is 0 Å². The van der Waals surface area contributed by atoms with E-state index in [2.05, 4.69) is 10.7 Å². The van der Waals surface area contributed by atoms with Crippen LogP contribution in [0, 0.1) is 0 Å². The summed E-state index contributed by atoms with van der Waals surface area (Å²) in [7, 11) is 0. The highest BCUT2D eigenvalue weighted by molar-refractivity contribution is 6.09. The molecule has 0 bridgehead atoms. The highest BCUT2D eigenvalue weighted by atomic mass is 16.2. The van der Waals surface area contributed by atoms with Crippen molar-refractivity contribution in [3.63, 3.8) is 0 Å². The minimum atomic E-state index is -0.883. The number of nitrogens with zero attached hydrogens (tertiary/aromatic N) is 2. The van der Waals surface area contributed by atoms with Gasteiger partial charge in [0.1, 0.15) is 5.54 Å². The number of amides is 5. The minimum Gasteiger partial charge on any atom is -0.322 e. The first-order valence-corrected chi connectivity index (χ1v) is 9.38. The molecule has 2 heterocycles. The van der Waals surface area contributed by atoms with Crippen LogP contribution < -0.4 is 15.6 Å². The van der Waals surface area contributed by atoms with Crippen LogP contribution in [0.1, 0.15) is 55.3 Å². The number of carbonyl (C=O) groups excluding carboxylic acids is 4. The Morgan fingerprint density at radius 1 is 1.07 bits per heavy atom. The van der Waals surface area contributed by atoms with E-state index in [0.29, 0.717) is 31.5 Å². The molecule has 8 nitrogen and oxygen atoms in total. The molecule has 1 aromatic carbocycles. The number of anilines is 1. The maximum absolute atomic E-state index is 12.8. The second-order valence-corrected chi connectivity index (χ2v) is 7.35. The molecule has 3 fully saturated rings. The Bertz CT molecular complexity index is 816. The molecule has 0 atom stereocenters. The van der Waals surface area contributed by atoms with Crippen molar-refractivity contribution < 1.29 is 19.2 Å². The normalized spacial score (nSPS) is 21.7. The molecule has 8 heteroatoms. The van der Waals surface area contributed by atoms with E-state index in [9.17, 15) is 19.2 Å². The summed E-state index contributed by atoms with van der Waals surface area (Å²) >= 11 is 0. The number of rotatable bonds is 3. The van der Waals surface area contributed by atoms with Gasteiger partial charge in [-0.15, -0.1) is 0 Å². The molecule has 3 aliphatic rings. The highest BCUT2D eigenvalue weighted by Crippen LogP contribution is 2.33. The zero-order valence-electron chi connectivity index (χ0n) is 15.0. The zero-order chi connectivity index (χ0) is 19.0. The van der Waals surface area contributed by atoms with E-state index < -0.39 is 23.4 Å². The van der Waals surface area contributed by atoms with Crippen molar-refractivity contribution in [2.45, 2.75) is 50.5 Å². The molecular weight excluding hydrogens is 348 g/mol. The van der Waals surface area contributed by atoms with Crippen molar-refractivity contribution in [3.05, 3.63) is 29.8 Å². The van der Waals surface area contributed by atoms with Crippen molar-refractivity contribution in [2.75, 3.05) is 11.4 Å². The van der Waals surface area contributed by atoms with E-state index in [-0.39, 0.29) is 11.5 Å². The molecule has 0 radical (unpaired) electrons. The van der Waals surface area contributed by atoms with Crippen molar-refractivity contribution in [1.29, 1.82) is 0 Å². The van der Waals surface area contributed by atoms with Crippen LogP contribution in [0.15, 0.2) is 24.3 Å². The van der Waals surface area contributed by atoms with Gasteiger partial charge in [-0.2, -0.15) is 5.01 Å². The lowest BCUT2D eigenvalue weighted by Gasteiger charge is -2.30. The summed E-state index contributed by atoms with van der Waals surface area (Å²) in [5.74, 6) is -0.924. The van der Waals surface area contributed by atoms with Crippen LogP contribution >= 0.6 is 0 Å². The van der Waals surface area contributed by atoms with E-state index in [0.717, 1.165) is 30.7 Å². The lowest BCUT2D eigenvalue weighted by atomic mass is 9.82. The lowest BCUT2D eigenvalue weighted by molar-refractivity contribution is -0.134. The molecule has 1 saturated carbocycles. The molecule has 1 aliphatic carbocycles. The maximum Gasteiger partial charge on any atom is 0.344 e. The molecule has 2 aliphatic heterocycles. The Labute approximate surface area is 156 Å². The third kappa shape index (κ3) is 3.05. The third-order valence-electron chi connectivity index (χ3n) is 5.58. The van der Waals surface area contributed by atoms with Gasteiger partial charge in [-0.25, -0.2) is 4.79 Å². The summed E-state index contributed by atoms with van der Waals surface area (Å²) in [5.41, 5.74) is 2.48. The van der Waals surface area contributed by atoms with Gasteiger partial charge in [0.2, 0.25) is 5.91 Å². The number of carbonyl (C=O) groups is 4. The number of hydrazine groups is 1.